The summed E-state index contributed by atoms with van der Waals surface area (Å²) in [5.41, 5.74) is 3.34. The average molecular weight is 325 g/mol. The second-order valence-corrected chi connectivity index (χ2v) is 6.25. The molecule has 0 aliphatic carbocycles. The SMILES string of the molecule is Cc1ccc(-c2nc3nc(-c4cncn4C)ccc3s2)c(F)n1. The van der Waals surface area contributed by atoms with Crippen LogP contribution in [0.4, 0.5) is 4.39 Å². The topological polar surface area (TPSA) is 56.5 Å². The molecule has 0 aromatic carbocycles. The molecule has 0 radical (unpaired) electrons. The lowest BCUT2D eigenvalue weighted by molar-refractivity contribution is 0.584. The summed E-state index contributed by atoms with van der Waals surface area (Å²) in [6, 6.07) is 7.35. The van der Waals surface area contributed by atoms with E-state index in [9.17, 15) is 4.39 Å². The van der Waals surface area contributed by atoms with E-state index in [2.05, 4.69) is 19.9 Å². The summed E-state index contributed by atoms with van der Waals surface area (Å²) in [7, 11) is 1.91. The number of pyridine rings is 2. The molecule has 0 aliphatic heterocycles. The van der Waals surface area contributed by atoms with Gasteiger partial charge in [0.15, 0.2) is 5.65 Å². The summed E-state index contributed by atoms with van der Waals surface area (Å²) in [5, 5.41) is 0.583. The molecule has 0 saturated carbocycles. The molecule has 114 valence electrons. The predicted octanol–water partition coefficient (Wildman–Crippen LogP) is 3.60. The van der Waals surface area contributed by atoms with Crippen molar-refractivity contribution in [3.05, 3.63) is 48.4 Å². The molecule has 23 heavy (non-hydrogen) atoms. The molecule has 0 fully saturated rings. The van der Waals surface area contributed by atoms with Crippen LogP contribution < -0.4 is 0 Å². The van der Waals surface area contributed by atoms with Crippen LogP contribution in [-0.2, 0) is 7.05 Å². The molecule has 0 aliphatic rings. The molecule has 4 aromatic heterocycles. The number of fused-ring (bicyclic) bond motifs is 1. The number of aryl methyl sites for hydroxylation is 2. The molecular formula is C16H12FN5S. The Kier molecular flexibility index (Phi) is 3.16. The van der Waals surface area contributed by atoms with Crippen molar-refractivity contribution in [2.45, 2.75) is 6.92 Å². The van der Waals surface area contributed by atoms with Crippen molar-refractivity contribution >= 4 is 21.7 Å². The first-order valence-electron chi connectivity index (χ1n) is 6.99. The number of hydrogen-bond acceptors (Lipinski definition) is 5. The minimum absolute atomic E-state index is 0.403. The van der Waals surface area contributed by atoms with Crippen molar-refractivity contribution < 1.29 is 4.39 Å². The predicted molar refractivity (Wildman–Crippen MR) is 87.5 cm³/mol. The number of hydrogen-bond donors (Lipinski definition) is 0. The highest BCUT2D eigenvalue weighted by Gasteiger charge is 2.14. The van der Waals surface area contributed by atoms with Gasteiger partial charge in [0.2, 0.25) is 5.95 Å². The van der Waals surface area contributed by atoms with Gasteiger partial charge in [0.25, 0.3) is 0 Å². The quantitative estimate of drug-likeness (QED) is 0.528. The van der Waals surface area contributed by atoms with E-state index in [4.69, 9.17) is 0 Å². The van der Waals surface area contributed by atoms with Crippen LogP contribution in [-0.4, -0.2) is 24.5 Å². The summed E-state index contributed by atoms with van der Waals surface area (Å²) in [5.74, 6) is -0.504. The zero-order valence-corrected chi connectivity index (χ0v) is 13.3. The molecule has 4 rings (SSSR count). The van der Waals surface area contributed by atoms with E-state index in [1.54, 1.807) is 31.6 Å². The van der Waals surface area contributed by atoms with Crippen molar-refractivity contribution in [1.29, 1.82) is 0 Å². The van der Waals surface area contributed by atoms with Crippen molar-refractivity contribution in [2.24, 2.45) is 7.05 Å². The number of halogens is 1. The maximum Gasteiger partial charge on any atom is 0.223 e. The number of aromatic nitrogens is 5. The molecule has 0 bridgehead atoms. The largest absolute Gasteiger partial charge is 0.332 e. The van der Waals surface area contributed by atoms with Crippen LogP contribution in [0, 0.1) is 12.9 Å². The first kappa shape index (κ1) is 14.0. The smallest absolute Gasteiger partial charge is 0.223 e. The fourth-order valence-electron chi connectivity index (χ4n) is 2.36. The summed E-state index contributed by atoms with van der Waals surface area (Å²) >= 11 is 1.40. The highest BCUT2D eigenvalue weighted by Crippen LogP contribution is 2.31. The third-order valence-electron chi connectivity index (χ3n) is 3.55. The number of rotatable bonds is 2. The van der Waals surface area contributed by atoms with Gasteiger partial charge in [-0.1, -0.05) is 0 Å². The monoisotopic (exact) mass is 325 g/mol. The van der Waals surface area contributed by atoms with Gasteiger partial charge < -0.3 is 4.57 Å². The van der Waals surface area contributed by atoms with Crippen LogP contribution in [0.5, 0.6) is 0 Å². The van der Waals surface area contributed by atoms with Gasteiger partial charge >= 0.3 is 0 Å². The average Bonchev–Trinajstić information content (AvgIpc) is 3.12. The van der Waals surface area contributed by atoms with Crippen LogP contribution in [0.3, 0.4) is 0 Å². The van der Waals surface area contributed by atoms with Gasteiger partial charge in [0, 0.05) is 12.7 Å². The molecule has 4 heterocycles. The van der Waals surface area contributed by atoms with Gasteiger partial charge in [-0.05, 0) is 31.2 Å². The fourth-order valence-corrected chi connectivity index (χ4v) is 3.29. The Balaban J connectivity index is 1.84. The molecule has 0 saturated heterocycles. The van der Waals surface area contributed by atoms with Crippen LogP contribution in [0.15, 0.2) is 36.8 Å². The van der Waals surface area contributed by atoms with E-state index in [1.165, 1.54) is 11.3 Å². The Morgan fingerprint density at radius 2 is 1.96 bits per heavy atom. The summed E-state index contributed by atoms with van der Waals surface area (Å²) < 4.78 is 16.8. The van der Waals surface area contributed by atoms with Crippen molar-refractivity contribution in [2.75, 3.05) is 0 Å². The molecule has 0 unspecified atom stereocenters. The minimum Gasteiger partial charge on any atom is -0.332 e. The van der Waals surface area contributed by atoms with Gasteiger partial charge in [-0.3, -0.25) is 0 Å². The van der Waals surface area contributed by atoms with E-state index in [-0.39, 0.29) is 0 Å². The highest BCUT2D eigenvalue weighted by molar-refractivity contribution is 7.21. The number of nitrogens with zero attached hydrogens (tertiary/aromatic N) is 5. The first-order valence-corrected chi connectivity index (χ1v) is 7.81. The molecule has 7 heteroatoms. The Morgan fingerprint density at radius 3 is 2.70 bits per heavy atom. The lowest BCUT2D eigenvalue weighted by atomic mass is 10.2. The standard InChI is InChI=1S/C16H12FN5S/c1-9-3-4-10(14(17)19-9)16-21-15-13(23-16)6-5-11(20-15)12-7-18-8-22(12)2/h3-8H,1-2H3. The molecule has 0 atom stereocenters. The zero-order valence-electron chi connectivity index (χ0n) is 12.5. The van der Waals surface area contributed by atoms with E-state index in [0.717, 1.165) is 16.1 Å². The third kappa shape index (κ3) is 2.39. The highest BCUT2D eigenvalue weighted by atomic mass is 32.1. The van der Waals surface area contributed by atoms with Gasteiger partial charge in [-0.15, -0.1) is 11.3 Å². The molecular weight excluding hydrogens is 313 g/mol. The van der Waals surface area contributed by atoms with Crippen molar-refractivity contribution in [3.63, 3.8) is 0 Å². The Bertz CT molecular complexity index is 1020. The van der Waals surface area contributed by atoms with Gasteiger partial charge in [-0.2, -0.15) is 4.39 Å². The van der Waals surface area contributed by atoms with Crippen LogP contribution in [0.25, 0.3) is 32.3 Å². The van der Waals surface area contributed by atoms with Crippen LogP contribution in [0.1, 0.15) is 5.69 Å². The van der Waals surface area contributed by atoms with Crippen LogP contribution in [0.2, 0.25) is 0 Å². The molecule has 0 amide bonds. The van der Waals surface area contributed by atoms with E-state index < -0.39 is 5.95 Å². The lowest BCUT2D eigenvalue weighted by Gasteiger charge is -2.00. The second-order valence-electron chi connectivity index (χ2n) is 5.22. The maximum atomic E-state index is 14.0. The van der Waals surface area contributed by atoms with Crippen molar-refractivity contribution in [1.82, 2.24) is 24.5 Å². The summed E-state index contributed by atoms with van der Waals surface area (Å²) in [6.45, 7) is 1.76. The third-order valence-corrected chi connectivity index (χ3v) is 4.59. The Morgan fingerprint density at radius 1 is 1.09 bits per heavy atom. The first-order chi connectivity index (χ1) is 11.1. The summed E-state index contributed by atoms with van der Waals surface area (Å²) in [6.07, 6.45) is 3.48. The normalized spacial score (nSPS) is 11.3. The Hall–Kier alpha value is -2.67. The Labute approximate surface area is 135 Å². The fraction of sp³-hybridized carbons (Fsp3) is 0.125. The molecule has 0 spiro atoms. The van der Waals surface area contributed by atoms with E-state index in [0.29, 0.717) is 21.9 Å². The molecule has 5 nitrogen and oxygen atoms in total. The van der Waals surface area contributed by atoms with E-state index in [1.807, 2.05) is 23.7 Å². The minimum atomic E-state index is -0.504. The zero-order chi connectivity index (χ0) is 16.0. The van der Waals surface area contributed by atoms with Gasteiger partial charge in [0.1, 0.15) is 5.01 Å². The van der Waals surface area contributed by atoms with E-state index >= 15 is 0 Å². The number of imidazole rings is 1. The maximum absolute atomic E-state index is 14.0. The lowest BCUT2D eigenvalue weighted by Crippen LogP contribution is -1.92. The van der Waals surface area contributed by atoms with Crippen LogP contribution >= 0.6 is 11.3 Å². The summed E-state index contributed by atoms with van der Waals surface area (Å²) in [4.78, 5) is 17.0. The molecule has 4 aromatic rings. The second kappa shape index (κ2) is 5.20. The van der Waals surface area contributed by atoms with Gasteiger partial charge in [0.05, 0.1) is 34.2 Å². The number of thiazole rings is 1. The van der Waals surface area contributed by atoms with Crippen molar-refractivity contribution in [3.8, 4) is 22.0 Å². The van der Waals surface area contributed by atoms with Gasteiger partial charge in [-0.25, -0.2) is 19.9 Å². The molecule has 0 N–H and O–H groups in total.